The van der Waals surface area contributed by atoms with Gasteiger partial charge in [0.2, 0.25) is 0 Å². The standard InChI is InChI=1S/C14H16/c1-3-13(4-2)11-8-12-14-9-6-5-7-10-14/h3,5-7,9-12H,4H2,1-2H3. The van der Waals surface area contributed by atoms with Gasteiger partial charge in [0, 0.05) is 0 Å². The molecule has 0 spiro atoms. The maximum atomic E-state index is 3.19. The number of rotatable bonds is 3. The summed E-state index contributed by atoms with van der Waals surface area (Å²) in [5, 5.41) is 0. The largest absolute Gasteiger partial charge is 0.120 e. The molecule has 0 heterocycles. The number of allylic oxidation sites excluding steroid dienone is 3. The minimum Gasteiger partial charge on any atom is -0.120 e. The fourth-order valence-corrected chi connectivity index (χ4v) is 1.18. The Labute approximate surface area is 86.3 Å². The zero-order valence-corrected chi connectivity index (χ0v) is 8.83. The Kier molecular flexibility index (Phi) is 4.54. The van der Waals surface area contributed by atoms with Gasteiger partial charge in [-0.25, -0.2) is 0 Å². The van der Waals surface area contributed by atoms with Gasteiger partial charge in [-0.05, 0) is 36.6 Å². The van der Waals surface area contributed by atoms with E-state index in [9.17, 15) is 0 Å². The second-order valence-corrected chi connectivity index (χ2v) is 3.08. The fraction of sp³-hybridized carbons (Fsp3) is 0.214. The van der Waals surface area contributed by atoms with Gasteiger partial charge >= 0.3 is 0 Å². The third-order valence-corrected chi connectivity index (χ3v) is 2.10. The lowest BCUT2D eigenvalue weighted by Gasteiger charge is -1.90. The van der Waals surface area contributed by atoms with Crippen LogP contribution in [0.5, 0.6) is 0 Å². The first-order valence-electron chi connectivity index (χ1n) is 4.99. The van der Waals surface area contributed by atoms with Crippen LogP contribution in [0.4, 0.5) is 0 Å². The molecule has 1 rings (SSSR count). The van der Waals surface area contributed by atoms with Crippen LogP contribution in [0.2, 0.25) is 0 Å². The predicted molar refractivity (Wildman–Crippen MR) is 63.0 cm³/mol. The van der Waals surface area contributed by atoms with Crippen LogP contribution < -0.4 is 0 Å². The molecular weight excluding hydrogens is 168 g/mol. The average Bonchev–Trinajstić information content (AvgIpc) is 2.26. The van der Waals surface area contributed by atoms with Crippen LogP contribution in [-0.2, 0) is 0 Å². The molecule has 72 valence electrons. The second-order valence-electron chi connectivity index (χ2n) is 3.08. The van der Waals surface area contributed by atoms with E-state index in [1.165, 1.54) is 11.1 Å². The van der Waals surface area contributed by atoms with Crippen LogP contribution in [0.15, 0.2) is 53.8 Å². The highest BCUT2D eigenvalue weighted by atomic mass is 13.9. The highest BCUT2D eigenvalue weighted by molar-refractivity contribution is 5.48. The number of benzene rings is 1. The molecule has 0 aromatic heterocycles. The van der Waals surface area contributed by atoms with Gasteiger partial charge in [0.05, 0.1) is 0 Å². The van der Waals surface area contributed by atoms with E-state index < -0.39 is 0 Å². The van der Waals surface area contributed by atoms with Crippen molar-refractivity contribution in [2.75, 3.05) is 0 Å². The molecule has 0 N–H and O–H groups in total. The Morgan fingerprint density at radius 3 is 2.57 bits per heavy atom. The number of hydrogen-bond acceptors (Lipinski definition) is 0. The van der Waals surface area contributed by atoms with Crippen molar-refractivity contribution in [2.24, 2.45) is 0 Å². The monoisotopic (exact) mass is 184 g/mol. The summed E-state index contributed by atoms with van der Waals surface area (Å²) in [5.41, 5.74) is 5.69. The lowest BCUT2D eigenvalue weighted by Crippen LogP contribution is -1.70. The lowest BCUT2D eigenvalue weighted by atomic mass is 10.2. The first kappa shape index (κ1) is 10.6. The van der Waals surface area contributed by atoms with Crippen molar-refractivity contribution in [3.05, 3.63) is 59.4 Å². The van der Waals surface area contributed by atoms with Crippen LogP contribution in [-0.4, -0.2) is 0 Å². The molecule has 0 saturated carbocycles. The van der Waals surface area contributed by atoms with Crippen molar-refractivity contribution < 1.29 is 0 Å². The molecule has 1 aromatic carbocycles. The van der Waals surface area contributed by atoms with Crippen molar-refractivity contribution in [2.45, 2.75) is 20.3 Å². The molecule has 14 heavy (non-hydrogen) atoms. The topological polar surface area (TPSA) is 0 Å². The molecule has 0 radical (unpaired) electrons. The van der Waals surface area contributed by atoms with E-state index in [0.29, 0.717) is 0 Å². The molecule has 0 saturated heterocycles. The van der Waals surface area contributed by atoms with Crippen LogP contribution in [0.1, 0.15) is 25.8 Å². The Balaban J connectivity index is 2.73. The summed E-state index contributed by atoms with van der Waals surface area (Å²) in [5.74, 6) is 0. The third kappa shape index (κ3) is 3.47. The Hall–Kier alpha value is -1.52. The van der Waals surface area contributed by atoms with Crippen molar-refractivity contribution in [3.63, 3.8) is 0 Å². The van der Waals surface area contributed by atoms with E-state index in [2.05, 4.69) is 37.8 Å². The Morgan fingerprint density at radius 1 is 1.29 bits per heavy atom. The van der Waals surface area contributed by atoms with Gasteiger partial charge in [-0.2, -0.15) is 0 Å². The summed E-state index contributed by atoms with van der Waals surface area (Å²) < 4.78 is 0. The van der Waals surface area contributed by atoms with Crippen LogP contribution in [0.3, 0.4) is 0 Å². The maximum Gasteiger partial charge on any atom is -0.0127 e. The SMILES string of the molecule is CC=C(C=C=Cc1ccccc1)CC. The van der Waals surface area contributed by atoms with E-state index in [0.717, 1.165) is 6.42 Å². The Morgan fingerprint density at radius 2 is 2.00 bits per heavy atom. The maximum absolute atomic E-state index is 3.19. The van der Waals surface area contributed by atoms with Crippen molar-refractivity contribution in [1.29, 1.82) is 0 Å². The highest BCUT2D eigenvalue weighted by Crippen LogP contribution is 2.03. The molecular formula is C14H16. The smallest absolute Gasteiger partial charge is 0.0127 e. The quantitative estimate of drug-likeness (QED) is 0.487. The van der Waals surface area contributed by atoms with E-state index in [1.807, 2.05) is 30.4 Å². The first-order valence-corrected chi connectivity index (χ1v) is 4.99. The fourth-order valence-electron chi connectivity index (χ4n) is 1.18. The van der Waals surface area contributed by atoms with Crippen molar-refractivity contribution in [3.8, 4) is 0 Å². The highest BCUT2D eigenvalue weighted by Gasteiger charge is 1.82. The van der Waals surface area contributed by atoms with E-state index >= 15 is 0 Å². The molecule has 0 aliphatic carbocycles. The van der Waals surface area contributed by atoms with Gasteiger partial charge in [-0.15, -0.1) is 5.73 Å². The van der Waals surface area contributed by atoms with Gasteiger partial charge in [-0.1, -0.05) is 43.3 Å². The molecule has 0 bridgehead atoms. The van der Waals surface area contributed by atoms with Crippen LogP contribution in [0.25, 0.3) is 6.08 Å². The summed E-state index contributed by atoms with van der Waals surface area (Å²) in [6.07, 6.45) is 7.21. The average molecular weight is 184 g/mol. The zero-order chi connectivity index (χ0) is 10.2. The molecule has 0 unspecified atom stereocenters. The van der Waals surface area contributed by atoms with Crippen LogP contribution >= 0.6 is 0 Å². The minimum absolute atomic E-state index is 1.06. The van der Waals surface area contributed by atoms with Gasteiger partial charge < -0.3 is 0 Å². The second kappa shape index (κ2) is 6.01. The van der Waals surface area contributed by atoms with Crippen molar-refractivity contribution in [1.82, 2.24) is 0 Å². The lowest BCUT2D eigenvalue weighted by molar-refractivity contribution is 1.14. The third-order valence-electron chi connectivity index (χ3n) is 2.10. The van der Waals surface area contributed by atoms with Gasteiger partial charge in [0.15, 0.2) is 0 Å². The summed E-state index contributed by atoms with van der Waals surface area (Å²) in [6.45, 7) is 4.20. The molecule has 0 heteroatoms. The van der Waals surface area contributed by atoms with Crippen LogP contribution in [0, 0.1) is 0 Å². The van der Waals surface area contributed by atoms with Gasteiger partial charge in [0.25, 0.3) is 0 Å². The summed E-state index contributed by atoms with van der Waals surface area (Å²) in [4.78, 5) is 0. The predicted octanol–water partition coefficient (Wildman–Crippen LogP) is 4.21. The van der Waals surface area contributed by atoms with E-state index in [1.54, 1.807) is 0 Å². The minimum atomic E-state index is 1.06. The molecule has 1 aromatic rings. The van der Waals surface area contributed by atoms with E-state index in [-0.39, 0.29) is 0 Å². The first-order chi connectivity index (χ1) is 6.86. The molecule has 0 fully saturated rings. The summed E-state index contributed by atoms with van der Waals surface area (Å²) in [7, 11) is 0. The normalized spacial score (nSPS) is 10.6. The Bertz CT molecular complexity index is 349. The van der Waals surface area contributed by atoms with Gasteiger partial charge in [0.1, 0.15) is 0 Å². The molecule has 0 aliphatic heterocycles. The molecule has 0 amide bonds. The van der Waals surface area contributed by atoms with Crippen molar-refractivity contribution >= 4 is 6.08 Å². The molecule has 0 nitrogen and oxygen atoms in total. The number of hydrogen-bond donors (Lipinski definition) is 0. The van der Waals surface area contributed by atoms with E-state index in [4.69, 9.17) is 0 Å². The molecule has 0 aliphatic rings. The van der Waals surface area contributed by atoms with Gasteiger partial charge in [-0.3, -0.25) is 0 Å². The molecule has 0 atom stereocenters. The zero-order valence-electron chi connectivity index (χ0n) is 8.83. The summed E-state index contributed by atoms with van der Waals surface area (Å²) >= 11 is 0. The summed E-state index contributed by atoms with van der Waals surface area (Å²) in [6, 6.07) is 10.2.